The van der Waals surface area contributed by atoms with E-state index in [2.05, 4.69) is 26.5 Å². The summed E-state index contributed by atoms with van der Waals surface area (Å²) in [5, 5.41) is 3.85. The third-order valence-electron chi connectivity index (χ3n) is 1.30. The molecular formula is C6H8BrN5O2. The number of rotatable bonds is 1. The van der Waals surface area contributed by atoms with E-state index in [-0.39, 0.29) is 5.69 Å². The van der Waals surface area contributed by atoms with Crippen LogP contribution in [0.2, 0.25) is 0 Å². The number of aromatic nitrogens is 2. The van der Waals surface area contributed by atoms with Crippen molar-refractivity contribution in [1.29, 1.82) is 0 Å². The van der Waals surface area contributed by atoms with E-state index in [1.54, 1.807) is 13.2 Å². The zero-order chi connectivity index (χ0) is 10.7. The first-order chi connectivity index (χ1) is 6.50. The quantitative estimate of drug-likeness (QED) is 0.594. The predicted octanol–water partition coefficient (Wildman–Crippen LogP) is -0.504. The van der Waals surface area contributed by atoms with Crippen LogP contribution in [0.25, 0.3) is 0 Å². The number of carbonyl (C=O) groups excluding carboxylic acids is 2. The van der Waals surface area contributed by atoms with Crippen molar-refractivity contribution in [3.05, 3.63) is 16.4 Å². The molecule has 1 heterocycles. The van der Waals surface area contributed by atoms with Crippen molar-refractivity contribution in [3.63, 3.8) is 0 Å². The highest BCUT2D eigenvalue weighted by atomic mass is 79.9. The molecule has 3 amide bonds. The maximum Gasteiger partial charge on any atom is 0.330 e. The predicted molar refractivity (Wildman–Crippen MR) is 51.1 cm³/mol. The molecule has 0 aliphatic carbocycles. The number of amides is 3. The van der Waals surface area contributed by atoms with Gasteiger partial charge in [-0.25, -0.2) is 10.2 Å². The van der Waals surface area contributed by atoms with Gasteiger partial charge in [0.1, 0.15) is 0 Å². The highest BCUT2D eigenvalue weighted by molar-refractivity contribution is 9.10. The second-order valence-corrected chi connectivity index (χ2v) is 3.30. The Morgan fingerprint density at radius 2 is 2.21 bits per heavy atom. The van der Waals surface area contributed by atoms with E-state index in [1.165, 1.54) is 4.68 Å². The van der Waals surface area contributed by atoms with Crippen molar-refractivity contribution in [2.75, 3.05) is 0 Å². The van der Waals surface area contributed by atoms with Gasteiger partial charge in [0.2, 0.25) is 0 Å². The van der Waals surface area contributed by atoms with Gasteiger partial charge >= 0.3 is 6.03 Å². The number of hydrogen-bond donors (Lipinski definition) is 3. The Balaban J connectivity index is 2.69. The van der Waals surface area contributed by atoms with Crippen molar-refractivity contribution in [2.45, 2.75) is 0 Å². The molecular weight excluding hydrogens is 254 g/mol. The van der Waals surface area contributed by atoms with E-state index in [0.29, 0.717) is 4.47 Å². The molecule has 1 aromatic heterocycles. The molecule has 0 bridgehead atoms. The summed E-state index contributed by atoms with van der Waals surface area (Å²) in [4.78, 5) is 21.6. The van der Waals surface area contributed by atoms with E-state index < -0.39 is 11.9 Å². The van der Waals surface area contributed by atoms with E-state index in [1.807, 2.05) is 5.43 Å². The van der Waals surface area contributed by atoms with Crippen LogP contribution in [0.1, 0.15) is 10.5 Å². The van der Waals surface area contributed by atoms with Crippen LogP contribution in [0.4, 0.5) is 4.79 Å². The smallest absolute Gasteiger partial charge is 0.330 e. The molecule has 0 saturated heterocycles. The molecule has 0 atom stereocenters. The molecule has 0 saturated carbocycles. The minimum atomic E-state index is -0.842. The zero-order valence-corrected chi connectivity index (χ0v) is 8.83. The number of urea groups is 1. The SMILES string of the molecule is Cn1cc(Br)c(C(=O)NNC(N)=O)n1. The van der Waals surface area contributed by atoms with Gasteiger partial charge in [0.25, 0.3) is 5.91 Å². The van der Waals surface area contributed by atoms with Gasteiger partial charge < -0.3 is 5.73 Å². The number of carbonyl (C=O) groups is 2. The van der Waals surface area contributed by atoms with Crippen molar-refractivity contribution in [3.8, 4) is 0 Å². The van der Waals surface area contributed by atoms with Gasteiger partial charge in [0, 0.05) is 13.2 Å². The average molecular weight is 262 g/mol. The summed E-state index contributed by atoms with van der Waals surface area (Å²) in [6.07, 6.45) is 1.61. The molecule has 8 heteroatoms. The minimum absolute atomic E-state index is 0.168. The van der Waals surface area contributed by atoms with Crippen LogP contribution >= 0.6 is 15.9 Å². The molecule has 0 aliphatic rings. The molecule has 0 unspecified atom stereocenters. The van der Waals surface area contributed by atoms with Gasteiger partial charge in [0.05, 0.1) is 4.47 Å². The zero-order valence-electron chi connectivity index (χ0n) is 7.24. The van der Waals surface area contributed by atoms with Crippen molar-refractivity contribution >= 4 is 27.9 Å². The Bertz CT molecular complexity index is 374. The highest BCUT2D eigenvalue weighted by Crippen LogP contribution is 2.13. The molecule has 0 aliphatic heterocycles. The van der Waals surface area contributed by atoms with Crippen LogP contribution in [0.15, 0.2) is 10.7 Å². The molecule has 0 aromatic carbocycles. The standard InChI is InChI=1S/C6H8BrN5O2/c1-12-2-3(7)4(11-12)5(13)9-10-6(8)14/h2H,1H3,(H,9,13)(H3,8,10,14). The monoisotopic (exact) mass is 261 g/mol. The van der Waals surface area contributed by atoms with E-state index in [4.69, 9.17) is 5.73 Å². The lowest BCUT2D eigenvalue weighted by molar-refractivity contribution is 0.0931. The van der Waals surface area contributed by atoms with Crippen LogP contribution in [-0.4, -0.2) is 21.7 Å². The van der Waals surface area contributed by atoms with Gasteiger partial charge in [-0.2, -0.15) is 5.10 Å². The van der Waals surface area contributed by atoms with Crippen LogP contribution in [0.5, 0.6) is 0 Å². The van der Waals surface area contributed by atoms with Gasteiger partial charge in [-0.15, -0.1) is 0 Å². The Morgan fingerprint density at radius 3 is 2.64 bits per heavy atom. The van der Waals surface area contributed by atoms with Crippen molar-refractivity contribution in [1.82, 2.24) is 20.6 Å². The number of hydrogen-bond acceptors (Lipinski definition) is 3. The number of aryl methyl sites for hydroxylation is 1. The summed E-state index contributed by atoms with van der Waals surface area (Å²) in [6.45, 7) is 0. The number of nitrogens with one attached hydrogen (secondary N) is 2. The van der Waals surface area contributed by atoms with E-state index >= 15 is 0 Å². The summed E-state index contributed by atoms with van der Waals surface area (Å²) in [5.74, 6) is -0.545. The van der Waals surface area contributed by atoms with Crippen LogP contribution < -0.4 is 16.6 Å². The summed E-state index contributed by atoms with van der Waals surface area (Å²) in [6, 6.07) is -0.842. The van der Waals surface area contributed by atoms with Gasteiger partial charge in [-0.1, -0.05) is 0 Å². The average Bonchev–Trinajstić information content (AvgIpc) is 2.41. The largest absolute Gasteiger partial charge is 0.350 e. The molecule has 7 nitrogen and oxygen atoms in total. The first-order valence-corrected chi connectivity index (χ1v) is 4.35. The molecule has 1 aromatic rings. The normalized spacial score (nSPS) is 9.57. The molecule has 0 fully saturated rings. The van der Waals surface area contributed by atoms with Crippen molar-refractivity contribution < 1.29 is 9.59 Å². The maximum atomic E-state index is 11.3. The fourth-order valence-corrected chi connectivity index (χ4v) is 1.35. The minimum Gasteiger partial charge on any atom is -0.350 e. The van der Waals surface area contributed by atoms with Crippen LogP contribution in [0.3, 0.4) is 0 Å². The first kappa shape index (κ1) is 10.5. The van der Waals surface area contributed by atoms with Crippen LogP contribution in [0, 0.1) is 0 Å². The number of halogens is 1. The lowest BCUT2D eigenvalue weighted by atomic mass is 10.4. The molecule has 76 valence electrons. The molecule has 1 rings (SSSR count). The van der Waals surface area contributed by atoms with Gasteiger partial charge in [-0.05, 0) is 15.9 Å². The summed E-state index contributed by atoms with van der Waals surface area (Å²) < 4.78 is 1.99. The Morgan fingerprint density at radius 1 is 1.57 bits per heavy atom. The summed E-state index contributed by atoms with van der Waals surface area (Å²) >= 11 is 3.14. The maximum absolute atomic E-state index is 11.3. The number of hydrazine groups is 1. The number of nitrogens with zero attached hydrogens (tertiary/aromatic N) is 2. The molecule has 14 heavy (non-hydrogen) atoms. The second kappa shape index (κ2) is 4.09. The highest BCUT2D eigenvalue weighted by Gasteiger charge is 2.13. The second-order valence-electron chi connectivity index (χ2n) is 2.44. The van der Waals surface area contributed by atoms with Gasteiger partial charge in [0.15, 0.2) is 5.69 Å². The summed E-state index contributed by atoms with van der Waals surface area (Å²) in [5.41, 5.74) is 8.96. The van der Waals surface area contributed by atoms with E-state index in [9.17, 15) is 9.59 Å². The Hall–Kier alpha value is -1.57. The number of primary amides is 1. The van der Waals surface area contributed by atoms with Gasteiger partial charge in [-0.3, -0.25) is 14.9 Å². The van der Waals surface area contributed by atoms with Crippen LogP contribution in [-0.2, 0) is 7.05 Å². The Kier molecular flexibility index (Phi) is 3.07. The third kappa shape index (κ3) is 2.46. The Labute approximate surface area is 87.7 Å². The van der Waals surface area contributed by atoms with E-state index in [0.717, 1.165) is 0 Å². The number of nitrogens with two attached hydrogens (primary N) is 1. The fraction of sp³-hybridized carbons (Fsp3) is 0.167. The summed E-state index contributed by atoms with van der Waals surface area (Å²) in [7, 11) is 1.67. The third-order valence-corrected chi connectivity index (χ3v) is 1.88. The van der Waals surface area contributed by atoms with Crippen molar-refractivity contribution in [2.24, 2.45) is 12.8 Å². The lowest BCUT2D eigenvalue weighted by Crippen LogP contribution is -2.44. The molecule has 4 N–H and O–H groups in total. The molecule has 0 radical (unpaired) electrons. The topological polar surface area (TPSA) is 102 Å². The first-order valence-electron chi connectivity index (χ1n) is 3.55. The molecule has 0 spiro atoms. The lowest BCUT2D eigenvalue weighted by Gasteiger charge is -2.01. The fourth-order valence-electron chi connectivity index (χ4n) is 0.791.